The van der Waals surface area contributed by atoms with Crippen LogP contribution in [0.1, 0.15) is 24.8 Å². The highest BCUT2D eigenvalue weighted by molar-refractivity contribution is 7.89. The number of halogens is 1. The molecule has 2 unspecified atom stereocenters. The number of rotatable bonds is 4. The van der Waals surface area contributed by atoms with Crippen LogP contribution in [0.25, 0.3) is 0 Å². The van der Waals surface area contributed by atoms with Crippen molar-refractivity contribution in [2.45, 2.75) is 30.3 Å². The van der Waals surface area contributed by atoms with Gasteiger partial charge in [-0.1, -0.05) is 24.1 Å². The van der Waals surface area contributed by atoms with Gasteiger partial charge < -0.3 is 5.11 Å². The quantitative estimate of drug-likeness (QED) is 0.884. The van der Waals surface area contributed by atoms with Gasteiger partial charge in [0.25, 0.3) is 0 Å². The second kappa shape index (κ2) is 6.10. The minimum atomic E-state index is -3.80. The molecule has 1 aromatic carbocycles. The maximum Gasteiger partial charge on any atom is 0.241 e. The maximum atomic E-state index is 12.2. The lowest BCUT2D eigenvalue weighted by molar-refractivity contribution is 0.134. The van der Waals surface area contributed by atoms with E-state index < -0.39 is 16.1 Å². The highest BCUT2D eigenvalue weighted by Gasteiger charge is 2.28. The number of aliphatic hydroxyl groups is 1. The lowest BCUT2D eigenvalue weighted by atomic mass is 10.1. The molecular formula is C13H15ClN2O3S. The molecule has 1 fully saturated rings. The van der Waals surface area contributed by atoms with Gasteiger partial charge in [-0.3, -0.25) is 0 Å². The molecule has 0 amide bonds. The van der Waals surface area contributed by atoms with Crippen molar-refractivity contribution in [3.63, 3.8) is 0 Å². The van der Waals surface area contributed by atoms with Crippen LogP contribution in [0.15, 0.2) is 23.1 Å². The van der Waals surface area contributed by atoms with Crippen LogP contribution in [0.2, 0.25) is 5.02 Å². The van der Waals surface area contributed by atoms with Crippen LogP contribution in [0, 0.1) is 17.2 Å². The van der Waals surface area contributed by atoms with E-state index in [0.29, 0.717) is 6.42 Å². The molecule has 1 aliphatic rings. The van der Waals surface area contributed by atoms with Gasteiger partial charge in [0.05, 0.1) is 16.7 Å². The summed E-state index contributed by atoms with van der Waals surface area (Å²) in [6, 6.07) is 6.11. The van der Waals surface area contributed by atoms with Gasteiger partial charge in [-0.2, -0.15) is 5.26 Å². The van der Waals surface area contributed by atoms with E-state index in [1.807, 2.05) is 0 Å². The molecule has 0 aromatic heterocycles. The van der Waals surface area contributed by atoms with Crippen LogP contribution in [0.4, 0.5) is 0 Å². The molecule has 2 atom stereocenters. The summed E-state index contributed by atoms with van der Waals surface area (Å²) in [7, 11) is -3.80. The van der Waals surface area contributed by atoms with Gasteiger partial charge in [-0.25, -0.2) is 13.1 Å². The summed E-state index contributed by atoms with van der Waals surface area (Å²) >= 11 is 5.83. The summed E-state index contributed by atoms with van der Waals surface area (Å²) in [6.07, 6.45) is 1.93. The standard InChI is InChI=1S/C13H15ClN2O3S/c14-11-4-2-6-13(10(11)7-15)20(18,19)16-8-9-3-1-5-12(9)17/h2,4,6,9,12,16-17H,1,3,5,8H2. The molecular weight excluding hydrogens is 300 g/mol. The Morgan fingerprint density at radius 3 is 2.80 bits per heavy atom. The average Bonchev–Trinajstić information content (AvgIpc) is 2.82. The summed E-state index contributed by atoms with van der Waals surface area (Å²) in [6.45, 7) is 0.168. The van der Waals surface area contributed by atoms with E-state index in [4.69, 9.17) is 16.9 Å². The van der Waals surface area contributed by atoms with Gasteiger partial charge in [0.1, 0.15) is 11.0 Å². The first kappa shape index (κ1) is 15.3. The number of benzene rings is 1. The van der Waals surface area contributed by atoms with Crippen molar-refractivity contribution in [3.05, 3.63) is 28.8 Å². The summed E-state index contributed by atoms with van der Waals surface area (Å²) in [4.78, 5) is -0.125. The van der Waals surface area contributed by atoms with E-state index in [1.165, 1.54) is 18.2 Å². The Kier molecular flexibility index (Phi) is 4.66. The Morgan fingerprint density at radius 1 is 1.45 bits per heavy atom. The number of hydrogen-bond acceptors (Lipinski definition) is 4. The molecule has 108 valence electrons. The van der Waals surface area contributed by atoms with Crippen LogP contribution in [-0.4, -0.2) is 26.2 Å². The Morgan fingerprint density at radius 2 is 2.20 bits per heavy atom. The topological polar surface area (TPSA) is 90.2 Å². The molecule has 7 heteroatoms. The van der Waals surface area contributed by atoms with Crippen LogP contribution >= 0.6 is 11.6 Å². The van der Waals surface area contributed by atoms with Crippen LogP contribution in [0.3, 0.4) is 0 Å². The molecule has 0 saturated heterocycles. The van der Waals surface area contributed by atoms with E-state index in [1.54, 1.807) is 6.07 Å². The van der Waals surface area contributed by atoms with Crippen molar-refractivity contribution in [1.29, 1.82) is 5.26 Å². The summed E-state index contributed by atoms with van der Waals surface area (Å²) in [5, 5.41) is 18.8. The number of aliphatic hydroxyl groups excluding tert-OH is 1. The molecule has 0 aliphatic heterocycles. The Balaban J connectivity index is 2.19. The molecule has 1 saturated carbocycles. The zero-order chi connectivity index (χ0) is 14.8. The molecule has 2 rings (SSSR count). The van der Waals surface area contributed by atoms with Crippen molar-refractivity contribution in [3.8, 4) is 6.07 Å². The van der Waals surface area contributed by atoms with Crippen LogP contribution in [0.5, 0.6) is 0 Å². The van der Waals surface area contributed by atoms with Crippen molar-refractivity contribution in [2.24, 2.45) is 5.92 Å². The zero-order valence-electron chi connectivity index (χ0n) is 10.7. The first-order valence-electron chi connectivity index (χ1n) is 6.32. The Labute approximate surface area is 123 Å². The smallest absolute Gasteiger partial charge is 0.241 e. The van der Waals surface area contributed by atoms with Crippen LogP contribution < -0.4 is 4.72 Å². The fourth-order valence-electron chi connectivity index (χ4n) is 2.39. The van der Waals surface area contributed by atoms with Crippen molar-refractivity contribution >= 4 is 21.6 Å². The van der Waals surface area contributed by atoms with E-state index in [-0.39, 0.29) is 27.9 Å². The van der Waals surface area contributed by atoms with E-state index >= 15 is 0 Å². The maximum absolute atomic E-state index is 12.2. The molecule has 20 heavy (non-hydrogen) atoms. The molecule has 0 bridgehead atoms. The predicted molar refractivity (Wildman–Crippen MR) is 74.7 cm³/mol. The number of nitriles is 1. The minimum Gasteiger partial charge on any atom is -0.393 e. The molecule has 0 spiro atoms. The van der Waals surface area contributed by atoms with Gasteiger partial charge in [-0.15, -0.1) is 0 Å². The van der Waals surface area contributed by atoms with Crippen molar-refractivity contribution in [2.75, 3.05) is 6.54 Å². The SMILES string of the molecule is N#Cc1c(Cl)cccc1S(=O)(=O)NCC1CCCC1O. The molecule has 1 aromatic rings. The largest absolute Gasteiger partial charge is 0.393 e. The Hall–Kier alpha value is -1.13. The fourth-order valence-corrected chi connectivity index (χ4v) is 3.93. The molecule has 0 heterocycles. The molecule has 2 N–H and O–H groups in total. The second-order valence-electron chi connectivity index (χ2n) is 4.84. The van der Waals surface area contributed by atoms with Gasteiger partial charge in [0.2, 0.25) is 10.0 Å². The van der Waals surface area contributed by atoms with Gasteiger partial charge in [0.15, 0.2) is 0 Å². The monoisotopic (exact) mass is 314 g/mol. The van der Waals surface area contributed by atoms with Gasteiger partial charge in [-0.05, 0) is 30.9 Å². The van der Waals surface area contributed by atoms with Crippen LogP contribution in [-0.2, 0) is 10.0 Å². The number of nitrogens with zero attached hydrogens (tertiary/aromatic N) is 1. The number of nitrogens with one attached hydrogen (secondary N) is 1. The zero-order valence-corrected chi connectivity index (χ0v) is 12.3. The first-order valence-corrected chi connectivity index (χ1v) is 8.18. The average molecular weight is 315 g/mol. The molecule has 0 radical (unpaired) electrons. The minimum absolute atomic E-state index is 0.0614. The van der Waals surface area contributed by atoms with E-state index in [9.17, 15) is 13.5 Å². The van der Waals surface area contributed by atoms with Gasteiger partial charge in [0, 0.05) is 6.54 Å². The van der Waals surface area contributed by atoms with Gasteiger partial charge >= 0.3 is 0 Å². The summed E-state index contributed by atoms with van der Waals surface area (Å²) in [5.41, 5.74) is -0.0614. The van der Waals surface area contributed by atoms with E-state index in [2.05, 4.69) is 4.72 Å². The lowest BCUT2D eigenvalue weighted by Crippen LogP contribution is -2.32. The van der Waals surface area contributed by atoms with Crippen molar-refractivity contribution in [1.82, 2.24) is 4.72 Å². The highest BCUT2D eigenvalue weighted by atomic mass is 35.5. The molecule has 1 aliphatic carbocycles. The third kappa shape index (κ3) is 3.13. The Bertz CT molecular complexity index is 640. The first-order chi connectivity index (χ1) is 9.45. The van der Waals surface area contributed by atoms with Crippen molar-refractivity contribution < 1.29 is 13.5 Å². The summed E-state index contributed by atoms with van der Waals surface area (Å²) < 4.78 is 26.9. The molecule has 5 nitrogen and oxygen atoms in total. The third-order valence-electron chi connectivity index (χ3n) is 3.53. The number of hydrogen-bond donors (Lipinski definition) is 2. The second-order valence-corrected chi connectivity index (χ2v) is 6.98. The normalized spacial score (nSPS) is 22.6. The third-order valence-corrected chi connectivity index (χ3v) is 5.31. The number of sulfonamides is 1. The fraction of sp³-hybridized carbons (Fsp3) is 0.462. The predicted octanol–water partition coefficient (Wildman–Crippen LogP) is 1.65. The highest BCUT2D eigenvalue weighted by Crippen LogP contribution is 2.26. The summed E-state index contributed by atoms with van der Waals surface area (Å²) in [5.74, 6) is -0.0745. The van der Waals surface area contributed by atoms with E-state index in [0.717, 1.165) is 12.8 Å². The lowest BCUT2D eigenvalue weighted by Gasteiger charge is -2.15.